The van der Waals surface area contributed by atoms with Gasteiger partial charge in [-0.15, -0.1) is 0 Å². The third-order valence-corrected chi connectivity index (χ3v) is 6.44. The van der Waals surface area contributed by atoms with E-state index in [1.54, 1.807) is 6.07 Å². The van der Waals surface area contributed by atoms with E-state index in [1.807, 2.05) is 64.9 Å². The van der Waals surface area contributed by atoms with Crippen molar-refractivity contribution in [1.82, 2.24) is 9.47 Å². The molecule has 6 nitrogen and oxygen atoms in total. The first-order valence-electron chi connectivity index (χ1n) is 10.9. The molecule has 1 amide bonds. The van der Waals surface area contributed by atoms with Crippen molar-refractivity contribution < 1.29 is 19.4 Å². The van der Waals surface area contributed by atoms with Gasteiger partial charge in [0.15, 0.2) is 0 Å². The topological polar surface area (TPSA) is 71.8 Å². The Hall–Kier alpha value is -3.51. The Kier molecular flexibility index (Phi) is 5.46. The molecule has 4 aromatic rings. The lowest BCUT2D eigenvalue weighted by Crippen LogP contribution is -2.36. The van der Waals surface area contributed by atoms with Crippen LogP contribution in [0.3, 0.4) is 0 Å². The number of carbonyl (C=O) groups is 2. The molecule has 33 heavy (non-hydrogen) atoms. The number of aromatic nitrogens is 1. The molecule has 1 aromatic heterocycles. The van der Waals surface area contributed by atoms with Gasteiger partial charge in [0.1, 0.15) is 12.3 Å². The molecule has 2 heterocycles. The van der Waals surface area contributed by atoms with Gasteiger partial charge in [0.05, 0.1) is 12.2 Å². The van der Waals surface area contributed by atoms with Gasteiger partial charge in [0.2, 0.25) is 0 Å². The molecule has 3 aromatic carbocycles. The van der Waals surface area contributed by atoms with Crippen LogP contribution in [0.1, 0.15) is 28.5 Å². The molecule has 7 heteroatoms. The lowest BCUT2D eigenvalue weighted by molar-refractivity contribution is -0.137. The Morgan fingerprint density at radius 1 is 1.09 bits per heavy atom. The second-order valence-corrected chi connectivity index (χ2v) is 8.57. The Morgan fingerprint density at radius 3 is 2.70 bits per heavy atom. The molecule has 0 radical (unpaired) electrons. The van der Waals surface area contributed by atoms with Crippen LogP contribution < -0.4 is 4.74 Å². The minimum Gasteiger partial charge on any atom is -0.493 e. The Bertz CT molecular complexity index is 1410. The molecule has 0 atom stereocenters. The van der Waals surface area contributed by atoms with Gasteiger partial charge < -0.3 is 19.3 Å². The zero-order valence-corrected chi connectivity index (χ0v) is 18.9. The summed E-state index contributed by atoms with van der Waals surface area (Å²) >= 11 is 6.27. The normalized spacial score (nSPS) is 13.3. The number of fused-ring (bicyclic) bond motifs is 4. The number of hydrogen-bond donors (Lipinski definition) is 1. The predicted octanol–water partition coefficient (Wildman–Crippen LogP) is 5.13. The van der Waals surface area contributed by atoms with Crippen LogP contribution in [0.25, 0.3) is 21.7 Å². The van der Waals surface area contributed by atoms with E-state index in [2.05, 4.69) is 0 Å². The number of halogens is 1. The van der Waals surface area contributed by atoms with E-state index in [-0.39, 0.29) is 12.5 Å². The summed E-state index contributed by atoms with van der Waals surface area (Å²) in [5.41, 5.74) is 3.28. The third-order valence-electron chi connectivity index (χ3n) is 6.20. The fourth-order valence-corrected chi connectivity index (χ4v) is 4.99. The Balaban J connectivity index is 1.60. The minimum absolute atomic E-state index is 0.0953. The molecule has 0 saturated heterocycles. The molecule has 0 unspecified atom stereocenters. The van der Waals surface area contributed by atoms with Gasteiger partial charge in [-0.2, -0.15) is 0 Å². The van der Waals surface area contributed by atoms with Crippen molar-refractivity contribution in [3.63, 3.8) is 0 Å². The molecule has 0 aliphatic carbocycles. The van der Waals surface area contributed by atoms with E-state index in [4.69, 9.17) is 16.3 Å². The van der Waals surface area contributed by atoms with Gasteiger partial charge in [0, 0.05) is 46.7 Å². The number of carboxylic acids is 1. The molecular weight excluding hydrogens is 440 g/mol. The van der Waals surface area contributed by atoms with Crippen molar-refractivity contribution in [2.24, 2.45) is 0 Å². The number of carbonyl (C=O) groups excluding carboxylic acids is 1. The molecule has 0 bridgehead atoms. The summed E-state index contributed by atoms with van der Waals surface area (Å²) in [4.78, 5) is 27.2. The van der Waals surface area contributed by atoms with Gasteiger partial charge in [-0.05, 0) is 42.0 Å². The average Bonchev–Trinajstić information content (AvgIpc) is 3.10. The summed E-state index contributed by atoms with van der Waals surface area (Å²) in [6, 6.07) is 17.1. The SMILES string of the molecule is CCOc1ccc2ccccc2c1C(=O)N1CCc2c(c3cc(Cl)ccc3n2CC(=O)O)C1. The summed E-state index contributed by atoms with van der Waals surface area (Å²) < 4.78 is 7.65. The molecule has 5 rings (SSSR count). The summed E-state index contributed by atoms with van der Waals surface area (Å²) in [5, 5.41) is 12.7. The molecule has 1 aliphatic rings. The van der Waals surface area contributed by atoms with Crippen molar-refractivity contribution in [2.45, 2.75) is 26.4 Å². The Morgan fingerprint density at radius 2 is 1.91 bits per heavy atom. The second kappa shape index (κ2) is 8.45. The van der Waals surface area contributed by atoms with Crippen molar-refractivity contribution in [3.05, 3.63) is 76.4 Å². The molecule has 0 spiro atoms. The summed E-state index contributed by atoms with van der Waals surface area (Å²) in [6.45, 7) is 3.11. The first-order chi connectivity index (χ1) is 16.0. The van der Waals surface area contributed by atoms with E-state index in [0.717, 1.165) is 32.9 Å². The van der Waals surface area contributed by atoms with E-state index < -0.39 is 5.97 Å². The van der Waals surface area contributed by atoms with Crippen molar-refractivity contribution in [1.29, 1.82) is 0 Å². The first-order valence-corrected chi connectivity index (χ1v) is 11.3. The molecule has 1 aliphatic heterocycles. The fraction of sp³-hybridized carbons (Fsp3) is 0.231. The van der Waals surface area contributed by atoms with Gasteiger partial charge >= 0.3 is 5.97 Å². The molecule has 0 saturated carbocycles. The lowest BCUT2D eigenvalue weighted by atomic mass is 9.99. The zero-order valence-electron chi connectivity index (χ0n) is 18.2. The van der Waals surface area contributed by atoms with Crippen LogP contribution in [0, 0.1) is 0 Å². The lowest BCUT2D eigenvalue weighted by Gasteiger charge is -2.29. The monoisotopic (exact) mass is 462 g/mol. The quantitative estimate of drug-likeness (QED) is 0.446. The van der Waals surface area contributed by atoms with Crippen LogP contribution in [0.4, 0.5) is 0 Å². The third kappa shape index (κ3) is 3.70. The van der Waals surface area contributed by atoms with Crippen LogP contribution >= 0.6 is 11.6 Å². The average molecular weight is 463 g/mol. The van der Waals surface area contributed by atoms with Crippen LogP contribution in [0.2, 0.25) is 5.02 Å². The number of rotatable bonds is 5. The second-order valence-electron chi connectivity index (χ2n) is 8.14. The molecule has 168 valence electrons. The van der Waals surface area contributed by atoms with E-state index in [9.17, 15) is 14.7 Å². The Labute approximate surface area is 195 Å². The molecule has 0 fully saturated rings. The minimum atomic E-state index is -0.903. The van der Waals surface area contributed by atoms with Crippen molar-refractivity contribution in [3.8, 4) is 5.75 Å². The van der Waals surface area contributed by atoms with Crippen LogP contribution in [-0.2, 0) is 24.3 Å². The summed E-state index contributed by atoms with van der Waals surface area (Å²) in [5.74, 6) is -0.425. The first kappa shape index (κ1) is 21.3. The number of aliphatic carboxylic acids is 1. The van der Waals surface area contributed by atoms with Gasteiger partial charge in [-0.3, -0.25) is 9.59 Å². The van der Waals surface area contributed by atoms with Crippen LogP contribution in [0.15, 0.2) is 54.6 Å². The highest BCUT2D eigenvalue weighted by Gasteiger charge is 2.30. The smallest absolute Gasteiger partial charge is 0.323 e. The van der Waals surface area contributed by atoms with Gasteiger partial charge in [-0.1, -0.05) is 41.9 Å². The van der Waals surface area contributed by atoms with E-state index in [0.29, 0.717) is 42.5 Å². The van der Waals surface area contributed by atoms with Crippen LogP contribution in [0.5, 0.6) is 5.75 Å². The van der Waals surface area contributed by atoms with Gasteiger partial charge in [0.25, 0.3) is 5.91 Å². The zero-order chi connectivity index (χ0) is 23.1. The standard InChI is InChI=1S/C26H23ClN2O4/c1-2-33-23-10-7-16-5-3-4-6-18(16)25(23)26(32)28-12-11-22-20(14-28)19-13-17(27)8-9-21(19)29(22)15-24(30)31/h3-10,13H,2,11-12,14-15H2,1H3,(H,30,31). The van der Waals surface area contributed by atoms with E-state index >= 15 is 0 Å². The largest absolute Gasteiger partial charge is 0.493 e. The molecule has 1 N–H and O–H groups in total. The highest BCUT2D eigenvalue weighted by molar-refractivity contribution is 6.31. The maximum absolute atomic E-state index is 13.8. The summed E-state index contributed by atoms with van der Waals surface area (Å²) in [6.07, 6.45) is 0.565. The maximum atomic E-state index is 13.8. The number of nitrogens with zero attached hydrogens (tertiary/aromatic N) is 2. The number of carboxylic acid groups (broad SMARTS) is 1. The highest BCUT2D eigenvalue weighted by atomic mass is 35.5. The van der Waals surface area contributed by atoms with Crippen molar-refractivity contribution in [2.75, 3.05) is 13.2 Å². The van der Waals surface area contributed by atoms with Crippen molar-refractivity contribution >= 4 is 45.2 Å². The summed E-state index contributed by atoms with van der Waals surface area (Å²) in [7, 11) is 0. The number of ether oxygens (including phenoxy) is 1. The van der Waals surface area contributed by atoms with Crippen LogP contribution in [-0.4, -0.2) is 39.6 Å². The van der Waals surface area contributed by atoms with Gasteiger partial charge in [-0.25, -0.2) is 0 Å². The molecular formula is C26H23ClN2O4. The maximum Gasteiger partial charge on any atom is 0.323 e. The number of hydrogen-bond acceptors (Lipinski definition) is 3. The highest BCUT2D eigenvalue weighted by Crippen LogP contribution is 2.35. The predicted molar refractivity (Wildman–Crippen MR) is 128 cm³/mol. The number of benzene rings is 3. The van der Waals surface area contributed by atoms with E-state index in [1.165, 1.54) is 0 Å². The number of amides is 1. The fourth-order valence-electron chi connectivity index (χ4n) is 4.82.